The summed E-state index contributed by atoms with van der Waals surface area (Å²) in [6, 6.07) is 0. The number of hydrogen-bond acceptors (Lipinski definition) is 2. The second-order valence-electron chi connectivity index (χ2n) is 9.15. The van der Waals surface area contributed by atoms with Crippen LogP contribution in [0.1, 0.15) is 103 Å². The van der Waals surface area contributed by atoms with Gasteiger partial charge in [-0.3, -0.25) is 0 Å². The second kappa shape index (κ2) is 21.3. The van der Waals surface area contributed by atoms with E-state index in [1.54, 1.807) is 0 Å². The van der Waals surface area contributed by atoms with Gasteiger partial charge in [-0.25, -0.2) is 0 Å². The summed E-state index contributed by atoms with van der Waals surface area (Å²) in [5.74, 6) is 0. The number of hydrogen-bond donors (Lipinski definition) is 2. The van der Waals surface area contributed by atoms with E-state index in [1.807, 2.05) is 0 Å². The van der Waals surface area contributed by atoms with E-state index < -0.39 is 0 Å². The van der Waals surface area contributed by atoms with Crippen molar-refractivity contribution in [1.29, 1.82) is 0 Å². The fourth-order valence-electron chi connectivity index (χ4n) is 3.64. The first kappa shape index (κ1) is 27.6. The zero-order valence-electron chi connectivity index (χ0n) is 19.7. The van der Waals surface area contributed by atoms with E-state index >= 15 is 0 Å². The van der Waals surface area contributed by atoms with E-state index in [2.05, 4.69) is 38.5 Å². The maximum absolute atomic E-state index is 9.03. The number of nitrogens with zero attached hydrogens (tertiary/aromatic N) is 1. The van der Waals surface area contributed by atoms with Crippen LogP contribution in [-0.2, 0) is 0 Å². The Kier molecular flexibility index (Phi) is 21.0. The average molecular weight is 398 g/mol. The maximum atomic E-state index is 9.03. The van der Waals surface area contributed by atoms with Crippen molar-refractivity contribution in [3.05, 3.63) is 12.2 Å². The largest absolute Gasteiger partial charge is 0.391 e. The number of nitrogens with one attached hydrogen (secondary N) is 1. The van der Waals surface area contributed by atoms with Gasteiger partial charge in [-0.05, 0) is 38.6 Å². The topological polar surface area (TPSA) is 32.3 Å². The molecule has 2 N–H and O–H groups in total. The van der Waals surface area contributed by atoms with Gasteiger partial charge >= 0.3 is 0 Å². The number of rotatable bonds is 22. The molecule has 0 fully saturated rings. The van der Waals surface area contributed by atoms with Crippen LogP contribution in [-0.4, -0.2) is 56.5 Å². The second-order valence-corrected chi connectivity index (χ2v) is 9.15. The van der Waals surface area contributed by atoms with E-state index in [9.17, 15) is 0 Å². The minimum atomic E-state index is 0.288. The molecule has 0 aliphatic heterocycles. The molecule has 0 aliphatic rings. The molecule has 0 aromatic heterocycles. The van der Waals surface area contributed by atoms with Crippen LogP contribution in [0.5, 0.6) is 0 Å². The predicted octanol–water partition coefficient (Wildman–Crippen LogP) is 6.07. The number of aliphatic hydroxyl groups is 1. The first-order valence-electron chi connectivity index (χ1n) is 12.4. The molecule has 0 atom stereocenters. The Morgan fingerprint density at radius 1 is 0.643 bits per heavy atom. The summed E-state index contributed by atoms with van der Waals surface area (Å²) in [7, 11) is 4.39. The molecule has 0 saturated carbocycles. The Morgan fingerprint density at radius 2 is 1.14 bits per heavy atom. The summed E-state index contributed by atoms with van der Waals surface area (Å²) < 4.78 is 0.923. The van der Waals surface area contributed by atoms with Gasteiger partial charge < -0.3 is 14.9 Å². The number of unbranched alkanes of at least 4 members (excludes halogenated alkanes) is 12. The molecule has 0 aromatic rings. The highest BCUT2D eigenvalue weighted by Gasteiger charge is 2.12. The van der Waals surface area contributed by atoms with Crippen molar-refractivity contribution < 1.29 is 9.59 Å². The van der Waals surface area contributed by atoms with E-state index in [0.717, 1.165) is 30.7 Å². The van der Waals surface area contributed by atoms with Crippen LogP contribution in [0.15, 0.2) is 12.2 Å². The van der Waals surface area contributed by atoms with Gasteiger partial charge in [-0.15, -0.1) is 0 Å². The molecule has 3 nitrogen and oxygen atoms in total. The third-order valence-electron chi connectivity index (χ3n) is 5.69. The molecule has 0 spiro atoms. The summed E-state index contributed by atoms with van der Waals surface area (Å²) in [6.07, 6.45) is 25.2. The maximum Gasteiger partial charge on any atom is 0.102 e. The quantitative estimate of drug-likeness (QED) is 0.132. The highest BCUT2D eigenvalue weighted by molar-refractivity contribution is 4.81. The Labute approximate surface area is 177 Å². The van der Waals surface area contributed by atoms with Crippen LogP contribution in [0, 0.1) is 0 Å². The van der Waals surface area contributed by atoms with Gasteiger partial charge in [0.25, 0.3) is 0 Å². The fourth-order valence-corrected chi connectivity index (χ4v) is 3.64. The molecule has 168 valence electrons. The van der Waals surface area contributed by atoms with Gasteiger partial charge in [0.15, 0.2) is 0 Å². The van der Waals surface area contributed by atoms with Crippen LogP contribution in [0.4, 0.5) is 0 Å². The van der Waals surface area contributed by atoms with Crippen LogP contribution in [0.3, 0.4) is 0 Å². The minimum absolute atomic E-state index is 0.288. The summed E-state index contributed by atoms with van der Waals surface area (Å²) in [5, 5.41) is 12.6. The van der Waals surface area contributed by atoms with E-state index in [1.165, 1.54) is 96.3 Å². The molecule has 0 heterocycles. The summed E-state index contributed by atoms with van der Waals surface area (Å²) in [5.41, 5.74) is 0. The lowest BCUT2D eigenvalue weighted by molar-refractivity contribution is -0.890. The van der Waals surface area contributed by atoms with Gasteiger partial charge in [0.2, 0.25) is 0 Å². The van der Waals surface area contributed by atoms with Gasteiger partial charge in [0.05, 0.1) is 27.2 Å². The summed E-state index contributed by atoms with van der Waals surface area (Å²) in [6.45, 7) is 6.84. The van der Waals surface area contributed by atoms with Crippen molar-refractivity contribution in [2.45, 2.75) is 103 Å². The van der Waals surface area contributed by atoms with Crippen LogP contribution in [0.25, 0.3) is 0 Å². The Bertz CT molecular complexity index is 329. The molecule has 28 heavy (non-hydrogen) atoms. The molecule has 0 aromatic carbocycles. The number of likely N-dealkylation sites (N-methyl/N-ethyl adjacent to an activating group) is 1. The molecule has 0 bridgehead atoms. The zero-order valence-corrected chi connectivity index (χ0v) is 19.7. The van der Waals surface area contributed by atoms with E-state index in [4.69, 9.17) is 5.11 Å². The van der Waals surface area contributed by atoms with Crippen LogP contribution in [0.2, 0.25) is 0 Å². The van der Waals surface area contributed by atoms with Gasteiger partial charge in [0.1, 0.15) is 6.54 Å². The van der Waals surface area contributed by atoms with Crippen molar-refractivity contribution in [1.82, 2.24) is 5.32 Å². The Hall–Kier alpha value is -0.380. The number of aliphatic hydroxyl groups excluding tert-OH is 1. The Morgan fingerprint density at radius 3 is 1.71 bits per heavy atom. The minimum Gasteiger partial charge on any atom is -0.391 e. The highest BCUT2D eigenvalue weighted by atomic mass is 16.3. The number of quaternary nitrogens is 1. The third-order valence-corrected chi connectivity index (χ3v) is 5.69. The van der Waals surface area contributed by atoms with Gasteiger partial charge in [-0.1, -0.05) is 76.9 Å². The first-order valence-corrected chi connectivity index (χ1v) is 12.4. The third kappa shape index (κ3) is 21.9. The molecule has 0 radical (unpaired) electrons. The van der Waals surface area contributed by atoms with Crippen molar-refractivity contribution in [3.63, 3.8) is 0 Å². The van der Waals surface area contributed by atoms with Crippen LogP contribution >= 0.6 is 0 Å². The highest BCUT2D eigenvalue weighted by Crippen LogP contribution is 2.09. The lowest BCUT2D eigenvalue weighted by Crippen LogP contribution is -2.43. The van der Waals surface area contributed by atoms with E-state index in [0.29, 0.717) is 0 Å². The summed E-state index contributed by atoms with van der Waals surface area (Å²) >= 11 is 0. The first-order chi connectivity index (χ1) is 13.6. The molecule has 0 saturated heterocycles. The van der Waals surface area contributed by atoms with Crippen molar-refractivity contribution >= 4 is 0 Å². The summed E-state index contributed by atoms with van der Waals surface area (Å²) in [4.78, 5) is 0. The molecular formula is C25H53N2O+. The Balaban J connectivity index is 3.16. The smallest absolute Gasteiger partial charge is 0.102 e. The molecule has 0 rings (SSSR count). The van der Waals surface area contributed by atoms with Crippen LogP contribution < -0.4 is 5.32 Å². The van der Waals surface area contributed by atoms with Crippen molar-refractivity contribution in [2.24, 2.45) is 0 Å². The zero-order chi connectivity index (χ0) is 20.8. The number of allylic oxidation sites excluding steroid dienone is 2. The monoisotopic (exact) mass is 397 g/mol. The SMILES string of the molecule is CCCCCCCC/C=C\CCCCCCCCNCCC[N+](C)(C)CCO. The molecule has 3 heteroatoms. The lowest BCUT2D eigenvalue weighted by Gasteiger charge is -2.28. The van der Waals surface area contributed by atoms with Gasteiger partial charge in [-0.2, -0.15) is 0 Å². The van der Waals surface area contributed by atoms with Gasteiger partial charge in [0, 0.05) is 13.0 Å². The fraction of sp³-hybridized carbons (Fsp3) is 0.920. The van der Waals surface area contributed by atoms with Crippen molar-refractivity contribution in [3.8, 4) is 0 Å². The standard InChI is InChI=1S/C25H53N2O/c1-4-5-6-7-8-9-10-11-12-13-14-15-16-17-18-19-21-26-22-20-23-27(2,3)24-25-28/h11-12,26,28H,4-10,13-25H2,1-3H3/q+1/b12-11-. The lowest BCUT2D eigenvalue weighted by atomic mass is 10.1. The van der Waals surface area contributed by atoms with E-state index in [-0.39, 0.29) is 6.61 Å². The molecule has 0 aliphatic carbocycles. The normalized spacial score (nSPS) is 12.3. The predicted molar refractivity (Wildman–Crippen MR) is 126 cm³/mol. The molecule has 0 unspecified atom stereocenters. The molecule has 0 amide bonds. The van der Waals surface area contributed by atoms with Crippen molar-refractivity contribution in [2.75, 3.05) is 46.9 Å². The average Bonchev–Trinajstić information content (AvgIpc) is 2.66. The molecular weight excluding hydrogens is 344 g/mol.